The first-order valence-corrected chi connectivity index (χ1v) is 28.4. The molecule has 8 saturated carbocycles. The number of fused-ring (bicyclic) bond motifs is 10. The Balaban J connectivity index is 0.929. The number of ether oxygens (including phenoxy) is 6. The molecule has 1 saturated heterocycles. The first-order valence-electron chi connectivity index (χ1n) is 28.4. The molecule has 74 heavy (non-hydrogen) atoms. The van der Waals surface area contributed by atoms with Gasteiger partial charge in [0, 0.05) is 88.9 Å². The van der Waals surface area contributed by atoms with Gasteiger partial charge >= 0.3 is 35.8 Å². The summed E-state index contributed by atoms with van der Waals surface area (Å²) < 4.78 is 35.5. The molecule has 0 aromatic heterocycles. The van der Waals surface area contributed by atoms with Gasteiger partial charge in [-0.05, 0) is 147 Å². The molecule has 0 aromatic rings. The number of hydrogen-bond acceptors (Lipinski definition) is 16. The van der Waals surface area contributed by atoms with Crippen molar-refractivity contribution in [3.63, 3.8) is 0 Å². The third-order valence-electron chi connectivity index (χ3n) is 23.0. The summed E-state index contributed by atoms with van der Waals surface area (Å²) in [6.07, 6.45) is 10.1. The Morgan fingerprint density at radius 3 is 1.16 bits per heavy atom. The zero-order valence-corrected chi connectivity index (χ0v) is 46.5. The van der Waals surface area contributed by atoms with E-state index in [1.807, 2.05) is 0 Å². The van der Waals surface area contributed by atoms with E-state index in [2.05, 4.69) is 41.5 Å². The number of esters is 6. The number of carbonyl (C=O) groups excluding carboxylic acids is 6. The van der Waals surface area contributed by atoms with Crippen LogP contribution in [-0.4, -0.2) is 86.0 Å². The highest BCUT2D eigenvalue weighted by Gasteiger charge is 2.72. The topological polar surface area (TPSA) is 195 Å². The van der Waals surface area contributed by atoms with Crippen LogP contribution in [0.15, 0.2) is 0 Å². The van der Waals surface area contributed by atoms with E-state index in [9.17, 15) is 28.8 Å². The van der Waals surface area contributed by atoms with Crippen molar-refractivity contribution in [2.75, 3.05) is 14.2 Å². The standard InChI is InChI=1S/C58H88O16/c1-31(13-19-49(63)65-11)39-15-17-41-51-43(27-47(55(39,41)9)69-35(5)61)53(7)21-23-57(29-37(53)25-45(51)67-33(3)59)71-73-58(74-72-57)24-22-54(8)38(30-58)26-46(68-34(4)60)52-42-18-16-40(32(2)14-20-50(64)66-12)56(42,10)48(28-44(52)54)70-36(6)62/h31-32,37-48,51-52H,13-30H2,1-12H3/t31?,32?,37-,38-,39-,40-,41?,42?,43?,44?,45-,46-,47+,48+,51?,52?,53+,54+,55-,56-,57?,58?/m1/s1. The van der Waals surface area contributed by atoms with Crippen LogP contribution in [0.3, 0.4) is 0 Å². The van der Waals surface area contributed by atoms with Crippen LogP contribution < -0.4 is 0 Å². The van der Waals surface area contributed by atoms with Gasteiger partial charge in [-0.3, -0.25) is 28.8 Å². The Labute approximate surface area is 438 Å². The predicted octanol–water partition coefficient (Wildman–Crippen LogP) is 9.95. The van der Waals surface area contributed by atoms with E-state index < -0.39 is 11.6 Å². The highest BCUT2D eigenvalue weighted by Crippen LogP contribution is 2.73. The van der Waals surface area contributed by atoms with Gasteiger partial charge in [0.25, 0.3) is 0 Å². The lowest BCUT2D eigenvalue weighted by molar-refractivity contribution is -0.667. The van der Waals surface area contributed by atoms with Crippen molar-refractivity contribution in [1.29, 1.82) is 0 Å². The third-order valence-corrected chi connectivity index (χ3v) is 23.0. The van der Waals surface area contributed by atoms with E-state index in [-0.39, 0.29) is 153 Å². The summed E-state index contributed by atoms with van der Waals surface area (Å²) in [6, 6.07) is 0. The quantitative estimate of drug-likeness (QED) is 0.102. The van der Waals surface area contributed by atoms with Crippen LogP contribution in [0.1, 0.15) is 185 Å². The average Bonchev–Trinajstić information content (AvgIpc) is 3.89. The van der Waals surface area contributed by atoms with Crippen molar-refractivity contribution in [1.82, 2.24) is 0 Å². The molecule has 0 bridgehead atoms. The molecule has 0 N–H and O–H groups in total. The normalized spacial score (nSPS) is 46.7. The van der Waals surface area contributed by atoms with Crippen molar-refractivity contribution in [2.24, 2.45) is 92.7 Å². The van der Waals surface area contributed by atoms with Crippen LogP contribution in [0.2, 0.25) is 0 Å². The third kappa shape index (κ3) is 9.42. The maximum atomic E-state index is 13.0. The van der Waals surface area contributed by atoms with E-state index in [0.717, 1.165) is 38.5 Å². The molecular formula is C58H88O16. The zero-order chi connectivity index (χ0) is 53.5. The van der Waals surface area contributed by atoms with Crippen molar-refractivity contribution in [3.05, 3.63) is 0 Å². The molecule has 2 spiro atoms. The lowest BCUT2D eigenvalue weighted by Crippen LogP contribution is -2.66. The largest absolute Gasteiger partial charge is 0.469 e. The van der Waals surface area contributed by atoms with E-state index in [1.165, 1.54) is 41.9 Å². The minimum atomic E-state index is -1.20. The van der Waals surface area contributed by atoms with Gasteiger partial charge < -0.3 is 28.4 Å². The van der Waals surface area contributed by atoms with Crippen LogP contribution in [0.25, 0.3) is 0 Å². The molecule has 9 aliphatic rings. The highest BCUT2D eigenvalue weighted by atomic mass is 17.4. The molecule has 16 heteroatoms. The van der Waals surface area contributed by atoms with Gasteiger partial charge in [0.2, 0.25) is 11.6 Å². The van der Waals surface area contributed by atoms with Crippen molar-refractivity contribution in [3.8, 4) is 0 Å². The number of rotatable bonds is 12. The molecule has 0 amide bonds. The van der Waals surface area contributed by atoms with Crippen molar-refractivity contribution >= 4 is 35.8 Å². The molecule has 0 radical (unpaired) electrons. The molecule has 1 heterocycles. The summed E-state index contributed by atoms with van der Waals surface area (Å²) in [5.41, 5.74) is -1.24. The van der Waals surface area contributed by atoms with Crippen LogP contribution in [0.4, 0.5) is 0 Å². The SMILES string of the molecule is COC(=O)CCC(C)[C@H]1CCC2C3C(C[C@H](OC(C)=O)[C@@]21C)[C@@]1(C)CCC2(C[C@H]1C[C@H]3OC(C)=O)OOC1(CC[C@]3(C)C4C[C@H](OC(C)=O)[C@@]5(C)C(CC[C@@H]5C(C)CCC(=O)OC)C4[C@H](OC(C)=O)C[C@@H]3C1)OO2. The number of carbonyl (C=O) groups is 6. The Hall–Kier alpha value is -3.34. The van der Waals surface area contributed by atoms with Gasteiger partial charge in [-0.2, -0.15) is 19.6 Å². The molecule has 20 atom stereocenters. The lowest BCUT2D eigenvalue weighted by Gasteiger charge is -2.66. The molecule has 9 fully saturated rings. The summed E-state index contributed by atoms with van der Waals surface area (Å²) in [5.74, 6) is -2.87. The summed E-state index contributed by atoms with van der Waals surface area (Å²) in [4.78, 5) is 103. The Morgan fingerprint density at radius 2 is 0.838 bits per heavy atom. The van der Waals surface area contributed by atoms with E-state index >= 15 is 0 Å². The van der Waals surface area contributed by atoms with Gasteiger partial charge in [-0.15, -0.1) is 0 Å². The van der Waals surface area contributed by atoms with Gasteiger partial charge in [0.05, 0.1) is 14.2 Å². The first-order chi connectivity index (χ1) is 34.9. The van der Waals surface area contributed by atoms with Gasteiger partial charge in [0.15, 0.2) is 0 Å². The van der Waals surface area contributed by atoms with Crippen molar-refractivity contribution < 1.29 is 76.7 Å². The van der Waals surface area contributed by atoms with Crippen molar-refractivity contribution in [2.45, 2.75) is 221 Å². The van der Waals surface area contributed by atoms with Crippen LogP contribution in [0.5, 0.6) is 0 Å². The minimum absolute atomic E-state index is 0.01000. The predicted molar refractivity (Wildman–Crippen MR) is 265 cm³/mol. The van der Waals surface area contributed by atoms with E-state index in [4.69, 9.17) is 48.0 Å². The Bertz CT molecular complexity index is 2010. The van der Waals surface area contributed by atoms with Gasteiger partial charge in [0.1, 0.15) is 24.4 Å². The van der Waals surface area contributed by atoms with Gasteiger partial charge in [-0.1, -0.05) is 41.5 Å². The molecule has 16 nitrogen and oxygen atoms in total. The summed E-state index contributed by atoms with van der Waals surface area (Å²) >= 11 is 0. The van der Waals surface area contributed by atoms with Gasteiger partial charge in [-0.25, -0.2) is 0 Å². The maximum absolute atomic E-state index is 13.0. The first kappa shape index (κ1) is 55.4. The fraction of sp³-hybridized carbons (Fsp3) is 0.897. The molecule has 8 unspecified atom stereocenters. The monoisotopic (exact) mass is 1040 g/mol. The zero-order valence-electron chi connectivity index (χ0n) is 46.5. The molecule has 1 aliphatic heterocycles. The Morgan fingerprint density at radius 1 is 0.486 bits per heavy atom. The fourth-order valence-electron chi connectivity index (χ4n) is 19.4. The smallest absolute Gasteiger partial charge is 0.305 e. The number of methoxy groups -OCH3 is 2. The summed E-state index contributed by atoms with van der Waals surface area (Å²) in [7, 11) is 2.83. The summed E-state index contributed by atoms with van der Waals surface area (Å²) in [5, 5.41) is 0. The van der Waals surface area contributed by atoms with Crippen LogP contribution >= 0.6 is 0 Å². The highest BCUT2D eigenvalue weighted by molar-refractivity contribution is 5.69. The molecule has 416 valence electrons. The lowest BCUT2D eigenvalue weighted by atomic mass is 9.42. The Kier molecular flexibility index (Phi) is 15.3. The second-order valence-corrected chi connectivity index (χ2v) is 26.3. The van der Waals surface area contributed by atoms with Crippen LogP contribution in [-0.2, 0) is 76.7 Å². The van der Waals surface area contributed by atoms with E-state index in [1.54, 1.807) is 0 Å². The second-order valence-electron chi connectivity index (χ2n) is 26.3. The molecular weight excluding hydrogens is 953 g/mol. The minimum Gasteiger partial charge on any atom is -0.469 e. The van der Waals surface area contributed by atoms with E-state index in [0.29, 0.717) is 77.0 Å². The number of hydrogen-bond donors (Lipinski definition) is 0. The second kappa shape index (κ2) is 20.5. The fourth-order valence-corrected chi connectivity index (χ4v) is 19.4. The molecule has 9 rings (SSSR count). The maximum Gasteiger partial charge on any atom is 0.305 e. The average molecular weight is 1040 g/mol. The van der Waals surface area contributed by atoms with Crippen LogP contribution in [0, 0.1) is 92.7 Å². The summed E-state index contributed by atoms with van der Waals surface area (Å²) in [6.45, 7) is 19.6. The molecule has 0 aromatic carbocycles. The molecule has 8 aliphatic carbocycles.